The Balaban J connectivity index is 2.10. The number of ether oxygens (including phenoxy) is 1. The average molecular weight is 192 g/mol. The molecule has 0 saturated heterocycles. The molecule has 2 unspecified atom stereocenters. The van der Waals surface area contributed by atoms with Crippen molar-refractivity contribution >= 4 is 11.4 Å². The normalized spacial score (nSPS) is 24.4. The highest BCUT2D eigenvalue weighted by Gasteiger charge is 2.32. The van der Waals surface area contributed by atoms with E-state index in [9.17, 15) is 0 Å². The first-order valence-electron chi connectivity index (χ1n) is 4.90. The van der Waals surface area contributed by atoms with Gasteiger partial charge in [-0.2, -0.15) is 0 Å². The lowest BCUT2D eigenvalue weighted by molar-refractivity contribution is 0.415. The van der Waals surface area contributed by atoms with Crippen LogP contribution in [-0.4, -0.2) is 13.2 Å². The second kappa shape index (κ2) is 3.40. The number of nitrogen functional groups attached to an aromatic ring is 1. The van der Waals surface area contributed by atoms with Gasteiger partial charge in [0.2, 0.25) is 0 Å². The predicted molar refractivity (Wildman–Crippen MR) is 58.6 cm³/mol. The second-order valence-electron chi connectivity index (χ2n) is 3.92. The van der Waals surface area contributed by atoms with Crippen LogP contribution in [-0.2, 0) is 0 Å². The molecule has 1 aromatic rings. The zero-order valence-corrected chi connectivity index (χ0v) is 8.58. The summed E-state index contributed by atoms with van der Waals surface area (Å²) in [6.45, 7) is 2.23. The molecule has 2 atom stereocenters. The Hall–Kier alpha value is -1.38. The van der Waals surface area contributed by atoms with Crippen molar-refractivity contribution in [3.8, 4) is 5.75 Å². The SMILES string of the molecule is COc1ccc(NC2CC2C)c(N)c1. The Kier molecular flexibility index (Phi) is 2.23. The molecule has 76 valence electrons. The lowest BCUT2D eigenvalue weighted by Crippen LogP contribution is -2.05. The third-order valence-electron chi connectivity index (χ3n) is 2.71. The largest absolute Gasteiger partial charge is 0.497 e. The molecular weight excluding hydrogens is 176 g/mol. The molecule has 0 radical (unpaired) electrons. The van der Waals surface area contributed by atoms with Gasteiger partial charge in [-0.05, 0) is 24.5 Å². The lowest BCUT2D eigenvalue weighted by Gasteiger charge is -2.09. The van der Waals surface area contributed by atoms with Crippen molar-refractivity contribution in [1.82, 2.24) is 0 Å². The van der Waals surface area contributed by atoms with Gasteiger partial charge in [0.15, 0.2) is 0 Å². The van der Waals surface area contributed by atoms with E-state index >= 15 is 0 Å². The van der Waals surface area contributed by atoms with Crippen LogP contribution in [0.3, 0.4) is 0 Å². The minimum atomic E-state index is 0.602. The van der Waals surface area contributed by atoms with Gasteiger partial charge in [0.1, 0.15) is 5.75 Å². The Labute approximate surface area is 84.3 Å². The number of benzene rings is 1. The zero-order valence-electron chi connectivity index (χ0n) is 8.58. The van der Waals surface area contributed by atoms with Crippen LogP contribution in [0.15, 0.2) is 18.2 Å². The summed E-state index contributed by atoms with van der Waals surface area (Å²) in [7, 11) is 1.64. The molecule has 0 spiro atoms. The third-order valence-corrected chi connectivity index (χ3v) is 2.71. The molecule has 3 heteroatoms. The van der Waals surface area contributed by atoms with Crippen LogP contribution >= 0.6 is 0 Å². The van der Waals surface area contributed by atoms with Gasteiger partial charge in [-0.15, -0.1) is 0 Å². The van der Waals surface area contributed by atoms with Crippen LogP contribution in [0.2, 0.25) is 0 Å². The number of nitrogens with one attached hydrogen (secondary N) is 1. The van der Waals surface area contributed by atoms with Crippen LogP contribution in [0.1, 0.15) is 13.3 Å². The van der Waals surface area contributed by atoms with E-state index in [1.807, 2.05) is 18.2 Å². The molecule has 0 aromatic heterocycles. The summed E-state index contributed by atoms with van der Waals surface area (Å²) in [5.74, 6) is 1.58. The molecule has 0 aliphatic heterocycles. The summed E-state index contributed by atoms with van der Waals surface area (Å²) >= 11 is 0. The molecule has 1 fully saturated rings. The van der Waals surface area contributed by atoms with E-state index in [1.54, 1.807) is 7.11 Å². The van der Waals surface area contributed by atoms with Crippen LogP contribution in [0, 0.1) is 5.92 Å². The maximum atomic E-state index is 5.88. The summed E-state index contributed by atoms with van der Waals surface area (Å²) in [5, 5.41) is 3.40. The van der Waals surface area contributed by atoms with Gasteiger partial charge in [-0.3, -0.25) is 0 Å². The maximum absolute atomic E-state index is 5.88. The number of methoxy groups -OCH3 is 1. The highest BCUT2D eigenvalue weighted by atomic mass is 16.5. The molecular formula is C11H16N2O. The molecule has 1 saturated carbocycles. The fourth-order valence-corrected chi connectivity index (χ4v) is 1.52. The van der Waals surface area contributed by atoms with Crippen LogP contribution in [0.25, 0.3) is 0 Å². The average Bonchev–Trinajstić information content (AvgIpc) is 2.85. The summed E-state index contributed by atoms with van der Waals surface area (Å²) < 4.78 is 5.08. The molecule has 0 heterocycles. The van der Waals surface area contributed by atoms with Gasteiger partial charge in [-0.1, -0.05) is 6.92 Å². The Morgan fingerprint density at radius 2 is 2.21 bits per heavy atom. The Morgan fingerprint density at radius 3 is 2.71 bits per heavy atom. The first-order valence-corrected chi connectivity index (χ1v) is 4.90. The van der Waals surface area contributed by atoms with E-state index in [1.165, 1.54) is 6.42 Å². The second-order valence-corrected chi connectivity index (χ2v) is 3.92. The minimum absolute atomic E-state index is 0.602. The first kappa shape index (κ1) is 9.19. The monoisotopic (exact) mass is 192 g/mol. The number of rotatable bonds is 3. The zero-order chi connectivity index (χ0) is 10.1. The van der Waals surface area contributed by atoms with Gasteiger partial charge in [0.05, 0.1) is 18.5 Å². The highest BCUT2D eigenvalue weighted by molar-refractivity contribution is 5.68. The van der Waals surface area contributed by atoms with Crippen LogP contribution in [0.4, 0.5) is 11.4 Å². The Morgan fingerprint density at radius 1 is 1.50 bits per heavy atom. The number of hydrogen-bond acceptors (Lipinski definition) is 3. The van der Waals surface area contributed by atoms with Gasteiger partial charge in [0, 0.05) is 12.1 Å². The van der Waals surface area contributed by atoms with Crippen molar-refractivity contribution in [2.45, 2.75) is 19.4 Å². The summed E-state index contributed by atoms with van der Waals surface area (Å²) in [6.07, 6.45) is 1.24. The van der Waals surface area contributed by atoms with Crippen LogP contribution in [0.5, 0.6) is 5.75 Å². The van der Waals surface area contributed by atoms with Gasteiger partial charge in [-0.25, -0.2) is 0 Å². The minimum Gasteiger partial charge on any atom is -0.497 e. The molecule has 1 aliphatic carbocycles. The fraction of sp³-hybridized carbons (Fsp3) is 0.455. The molecule has 1 aliphatic rings. The van der Waals surface area contributed by atoms with Crippen molar-refractivity contribution < 1.29 is 4.74 Å². The summed E-state index contributed by atoms with van der Waals surface area (Å²) in [4.78, 5) is 0. The van der Waals surface area contributed by atoms with E-state index in [2.05, 4.69) is 12.2 Å². The fourth-order valence-electron chi connectivity index (χ4n) is 1.52. The van der Waals surface area contributed by atoms with Crippen molar-refractivity contribution in [1.29, 1.82) is 0 Å². The van der Waals surface area contributed by atoms with Gasteiger partial charge < -0.3 is 15.8 Å². The van der Waals surface area contributed by atoms with E-state index in [4.69, 9.17) is 10.5 Å². The van der Waals surface area contributed by atoms with Gasteiger partial charge >= 0.3 is 0 Å². The smallest absolute Gasteiger partial charge is 0.121 e. The van der Waals surface area contributed by atoms with Crippen molar-refractivity contribution in [2.75, 3.05) is 18.2 Å². The van der Waals surface area contributed by atoms with Crippen LogP contribution < -0.4 is 15.8 Å². The highest BCUT2D eigenvalue weighted by Crippen LogP contribution is 2.35. The first-order chi connectivity index (χ1) is 6.70. The van der Waals surface area contributed by atoms with Crippen molar-refractivity contribution in [2.24, 2.45) is 5.92 Å². The van der Waals surface area contributed by atoms with E-state index in [-0.39, 0.29) is 0 Å². The third kappa shape index (κ3) is 1.76. The lowest BCUT2D eigenvalue weighted by atomic mass is 10.2. The molecule has 3 N–H and O–H groups in total. The molecule has 14 heavy (non-hydrogen) atoms. The Bertz CT molecular complexity index is 338. The standard InChI is InChI=1S/C11H16N2O/c1-7-5-11(7)13-10-4-3-8(14-2)6-9(10)12/h3-4,6-7,11,13H,5,12H2,1-2H3. The quantitative estimate of drug-likeness (QED) is 0.721. The molecule has 0 bridgehead atoms. The van der Waals surface area contributed by atoms with Crippen molar-refractivity contribution in [3.05, 3.63) is 18.2 Å². The summed E-state index contributed by atoms with van der Waals surface area (Å²) in [5.41, 5.74) is 7.64. The maximum Gasteiger partial charge on any atom is 0.121 e. The number of anilines is 2. The van der Waals surface area contributed by atoms with E-state index in [0.29, 0.717) is 6.04 Å². The van der Waals surface area contributed by atoms with Gasteiger partial charge in [0.25, 0.3) is 0 Å². The summed E-state index contributed by atoms with van der Waals surface area (Å²) in [6, 6.07) is 6.34. The van der Waals surface area contributed by atoms with E-state index < -0.39 is 0 Å². The number of nitrogens with two attached hydrogens (primary N) is 1. The van der Waals surface area contributed by atoms with E-state index in [0.717, 1.165) is 23.0 Å². The molecule has 0 amide bonds. The topological polar surface area (TPSA) is 47.3 Å². The molecule has 2 rings (SSSR count). The molecule has 3 nitrogen and oxygen atoms in total. The van der Waals surface area contributed by atoms with Crippen molar-refractivity contribution in [3.63, 3.8) is 0 Å². The molecule has 1 aromatic carbocycles. The number of hydrogen-bond donors (Lipinski definition) is 2. The predicted octanol–water partition coefficient (Wildman–Crippen LogP) is 2.10.